The molecule has 0 heterocycles. The molecule has 0 aliphatic heterocycles. The number of hydrogen-bond acceptors (Lipinski definition) is 3. The fourth-order valence-corrected chi connectivity index (χ4v) is 2.19. The molecular weight excluding hydrogens is 306 g/mol. The van der Waals surface area contributed by atoms with Crippen LogP contribution in [-0.2, 0) is 13.2 Å². The monoisotopic (exact) mass is 317 g/mol. The van der Waals surface area contributed by atoms with Gasteiger partial charge in [-0.2, -0.15) is 5.26 Å². The van der Waals surface area contributed by atoms with Crippen molar-refractivity contribution in [2.75, 3.05) is 0 Å². The van der Waals surface area contributed by atoms with Crippen LogP contribution in [0.1, 0.15) is 16.7 Å². The molecule has 2 aromatic carbocycles. The van der Waals surface area contributed by atoms with E-state index >= 15 is 0 Å². The molecule has 0 atom stereocenters. The largest absolute Gasteiger partial charge is 0.487 e. The molecular formula is C15H12BrNO2. The van der Waals surface area contributed by atoms with Gasteiger partial charge in [-0.05, 0) is 39.7 Å². The van der Waals surface area contributed by atoms with Gasteiger partial charge in [0.2, 0.25) is 0 Å². The van der Waals surface area contributed by atoms with Crippen LogP contribution in [0, 0.1) is 11.3 Å². The number of hydrogen-bond donors (Lipinski definition) is 1. The first kappa shape index (κ1) is 13.6. The zero-order valence-corrected chi connectivity index (χ0v) is 11.7. The van der Waals surface area contributed by atoms with Crippen molar-refractivity contribution in [1.29, 1.82) is 5.26 Å². The number of nitrogens with zero attached hydrogens (tertiary/aromatic N) is 1. The third-order valence-electron chi connectivity index (χ3n) is 2.69. The first-order valence-corrected chi connectivity index (χ1v) is 6.54. The molecule has 2 aromatic rings. The summed E-state index contributed by atoms with van der Waals surface area (Å²) in [6.45, 7) is 0.323. The molecule has 0 fully saturated rings. The zero-order valence-electron chi connectivity index (χ0n) is 10.1. The summed E-state index contributed by atoms with van der Waals surface area (Å²) in [7, 11) is 0. The maximum absolute atomic E-state index is 9.27. The van der Waals surface area contributed by atoms with E-state index in [4.69, 9.17) is 10.00 Å². The molecule has 0 amide bonds. The summed E-state index contributed by atoms with van der Waals surface area (Å²) >= 11 is 3.41. The van der Waals surface area contributed by atoms with Gasteiger partial charge in [-0.15, -0.1) is 0 Å². The van der Waals surface area contributed by atoms with Gasteiger partial charge in [-0.25, -0.2) is 0 Å². The summed E-state index contributed by atoms with van der Waals surface area (Å²) in [4.78, 5) is 0. The van der Waals surface area contributed by atoms with Crippen LogP contribution in [0.3, 0.4) is 0 Å². The van der Waals surface area contributed by atoms with Crippen molar-refractivity contribution < 1.29 is 9.84 Å². The Morgan fingerprint density at radius 3 is 2.53 bits per heavy atom. The Morgan fingerprint density at radius 1 is 1.16 bits per heavy atom. The first-order chi connectivity index (χ1) is 9.24. The van der Waals surface area contributed by atoms with E-state index in [1.807, 2.05) is 30.3 Å². The predicted molar refractivity (Wildman–Crippen MR) is 75.6 cm³/mol. The molecule has 0 radical (unpaired) electrons. The summed E-state index contributed by atoms with van der Waals surface area (Å²) in [5.74, 6) is 0.648. The lowest BCUT2D eigenvalue weighted by molar-refractivity contribution is 0.258. The van der Waals surface area contributed by atoms with Crippen LogP contribution < -0.4 is 4.74 Å². The zero-order chi connectivity index (χ0) is 13.7. The van der Waals surface area contributed by atoms with Crippen LogP contribution in [0.25, 0.3) is 0 Å². The molecule has 0 saturated carbocycles. The predicted octanol–water partition coefficient (Wildman–Crippen LogP) is 3.39. The quantitative estimate of drug-likeness (QED) is 0.940. The highest BCUT2D eigenvalue weighted by Gasteiger charge is 2.07. The summed E-state index contributed by atoms with van der Waals surface area (Å²) in [5, 5.41) is 18.0. The lowest BCUT2D eigenvalue weighted by atomic mass is 10.1. The van der Waals surface area contributed by atoms with Crippen molar-refractivity contribution in [2.45, 2.75) is 13.2 Å². The second-order valence-corrected chi connectivity index (χ2v) is 4.84. The number of benzene rings is 2. The highest BCUT2D eigenvalue weighted by atomic mass is 79.9. The fraction of sp³-hybridized carbons (Fsp3) is 0.133. The summed E-state index contributed by atoms with van der Waals surface area (Å²) in [6, 6.07) is 14.8. The topological polar surface area (TPSA) is 53.2 Å². The van der Waals surface area contributed by atoms with E-state index in [-0.39, 0.29) is 6.61 Å². The van der Waals surface area contributed by atoms with Crippen LogP contribution in [-0.4, -0.2) is 5.11 Å². The lowest BCUT2D eigenvalue weighted by Crippen LogP contribution is -1.99. The van der Waals surface area contributed by atoms with E-state index in [0.717, 1.165) is 15.6 Å². The van der Waals surface area contributed by atoms with Crippen LogP contribution in [0.15, 0.2) is 46.9 Å². The number of nitriles is 1. The highest BCUT2D eigenvalue weighted by molar-refractivity contribution is 9.10. The molecule has 4 heteroatoms. The number of rotatable bonds is 4. The van der Waals surface area contributed by atoms with Crippen molar-refractivity contribution >= 4 is 15.9 Å². The van der Waals surface area contributed by atoms with Gasteiger partial charge in [-0.1, -0.05) is 24.3 Å². The first-order valence-electron chi connectivity index (χ1n) is 5.74. The van der Waals surface area contributed by atoms with Crippen molar-refractivity contribution in [3.8, 4) is 11.8 Å². The van der Waals surface area contributed by atoms with Crippen molar-refractivity contribution in [3.63, 3.8) is 0 Å². The van der Waals surface area contributed by atoms with Gasteiger partial charge in [0, 0.05) is 5.56 Å². The number of ether oxygens (including phenoxy) is 1. The lowest BCUT2D eigenvalue weighted by Gasteiger charge is -2.12. The fourth-order valence-electron chi connectivity index (χ4n) is 1.67. The molecule has 1 N–H and O–H groups in total. The van der Waals surface area contributed by atoms with E-state index in [1.165, 1.54) is 0 Å². The molecule has 2 rings (SSSR count). The van der Waals surface area contributed by atoms with Gasteiger partial charge >= 0.3 is 0 Å². The third-order valence-corrected chi connectivity index (χ3v) is 3.31. The molecule has 3 nitrogen and oxygen atoms in total. The number of para-hydroxylation sites is 1. The van der Waals surface area contributed by atoms with Gasteiger partial charge in [0.05, 0.1) is 22.7 Å². The molecule has 0 bridgehead atoms. The van der Waals surface area contributed by atoms with Crippen molar-refractivity contribution in [3.05, 3.63) is 63.6 Å². The van der Waals surface area contributed by atoms with Gasteiger partial charge in [-0.3, -0.25) is 0 Å². The SMILES string of the molecule is N#Cc1ccc(COc2c(Br)cccc2CO)cc1. The van der Waals surface area contributed by atoms with Gasteiger partial charge < -0.3 is 9.84 Å². The maximum Gasteiger partial charge on any atom is 0.139 e. The van der Waals surface area contributed by atoms with Gasteiger partial charge in [0.15, 0.2) is 0 Å². The number of halogens is 1. The highest BCUT2D eigenvalue weighted by Crippen LogP contribution is 2.29. The standard InChI is InChI=1S/C15H12BrNO2/c16-14-3-1-2-13(9-18)15(14)19-10-12-6-4-11(8-17)5-7-12/h1-7,18H,9-10H2. The Bertz CT molecular complexity index is 603. The minimum atomic E-state index is -0.0673. The summed E-state index contributed by atoms with van der Waals surface area (Å²) in [5.41, 5.74) is 2.34. The van der Waals surface area contributed by atoms with Gasteiger partial charge in [0.25, 0.3) is 0 Å². The molecule has 0 saturated heterocycles. The second kappa shape index (κ2) is 6.37. The maximum atomic E-state index is 9.27. The van der Waals surface area contributed by atoms with Crippen LogP contribution in [0.4, 0.5) is 0 Å². The van der Waals surface area contributed by atoms with E-state index in [0.29, 0.717) is 17.9 Å². The normalized spacial score (nSPS) is 9.95. The average Bonchev–Trinajstić information content (AvgIpc) is 2.46. The Kier molecular flexibility index (Phi) is 4.56. The van der Waals surface area contributed by atoms with Crippen LogP contribution in [0.5, 0.6) is 5.75 Å². The molecule has 0 aliphatic rings. The Morgan fingerprint density at radius 2 is 1.89 bits per heavy atom. The van der Waals surface area contributed by atoms with Crippen molar-refractivity contribution in [2.24, 2.45) is 0 Å². The number of aliphatic hydroxyl groups excluding tert-OH is 1. The van der Waals surface area contributed by atoms with Crippen LogP contribution in [0.2, 0.25) is 0 Å². The van der Waals surface area contributed by atoms with Crippen molar-refractivity contribution in [1.82, 2.24) is 0 Å². The minimum absolute atomic E-state index is 0.0673. The Hall–Kier alpha value is -1.83. The molecule has 0 aliphatic carbocycles. The molecule has 0 unspecified atom stereocenters. The van der Waals surface area contributed by atoms with E-state index < -0.39 is 0 Å². The second-order valence-electron chi connectivity index (χ2n) is 3.98. The third kappa shape index (κ3) is 3.34. The van der Waals surface area contributed by atoms with E-state index in [9.17, 15) is 5.11 Å². The van der Waals surface area contributed by atoms with E-state index in [2.05, 4.69) is 22.0 Å². The average molecular weight is 318 g/mol. The number of aliphatic hydroxyl groups is 1. The van der Waals surface area contributed by atoms with Crippen LogP contribution >= 0.6 is 15.9 Å². The molecule has 0 spiro atoms. The Balaban J connectivity index is 2.12. The molecule has 96 valence electrons. The Labute approximate surface area is 120 Å². The summed E-state index contributed by atoms with van der Waals surface area (Å²) < 4.78 is 6.54. The smallest absolute Gasteiger partial charge is 0.139 e. The summed E-state index contributed by atoms with van der Waals surface area (Å²) in [6.07, 6.45) is 0. The molecule has 19 heavy (non-hydrogen) atoms. The molecule has 0 aromatic heterocycles. The minimum Gasteiger partial charge on any atom is -0.487 e. The van der Waals surface area contributed by atoms with Gasteiger partial charge in [0.1, 0.15) is 12.4 Å². The van der Waals surface area contributed by atoms with E-state index in [1.54, 1.807) is 12.1 Å².